The smallest absolute Gasteiger partial charge is 0.349 e. The number of halogens is 5. The molecule has 0 saturated heterocycles. The Bertz CT molecular complexity index is 1710. The number of alkyl halides is 2. The fourth-order valence-electron chi connectivity index (χ4n) is 3.10. The van der Waals surface area contributed by atoms with Crippen molar-refractivity contribution in [1.29, 1.82) is 0 Å². The fourth-order valence-corrected chi connectivity index (χ4v) is 4.61. The van der Waals surface area contributed by atoms with Crippen LogP contribution in [0.3, 0.4) is 0 Å². The Morgan fingerprint density at radius 1 is 1.05 bits per heavy atom. The summed E-state index contributed by atoms with van der Waals surface area (Å²) in [5.74, 6) is -0.638. The number of ether oxygens (including phenoxy) is 2. The summed E-state index contributed by atoms with van der Waals surface area (Å²) < 4.78 is 62.1. The maximum Gasteiger partial charge on any atom is 0.349 e. The van der Waals surface area contributed by atoms with E-state index < -0.39 is 37.3 Å². The monoisotopic (exact) mass is 604 g/mol. The lowest BCUT2D eigenvalue weighted by Crippen LogP contribution is -2.34. The second kappa shape index (κ2) is 11.1. The molecule has 0 radical (unpaired) electrons. The first-order chi connectivity index (χ1) is 17.9. The Kier molecular flexibility index (Phi) is 8.02. The molecule has 1 N–H and O–H groups in total. The number of pyridine rings is 1. The third kappa shape index (κ3) is 6.13. The maximum absolute atomic E-state index is 13.1. The van der Waals surface area contributed by atoms with Gasteiger partial charge in [-0.05, 0) is 17.7 Å². The minimum absolute atomic E-state index is 0.0344. The number of nitrogens with one attached hydrogen (secondary N) is 1. The highest BCUT2D eigenvalue weighted by atomic mass is 35.7. The largest absolute Gasteiger partial charge is 0.486 e. The molecule has 198 valence electrons. The van der Waals surface area contributed by atoms with Crippen molar-refractivity contribution in [1.82, 2.24) is 19.7 Å². The number of benzene rings is 2. The molecule has 38 heavy (non-hydrogen) atoms. The van der Waals surface area contributed by atoms with Gasteiger partial charge in [0.05, 0.1) is 21.9 Å². The predicted octanol–water partition coefficient (Wildman–Crippen LogP) is 4.86. The van der Waals surface area contributed by atoms with Crippen molar-refractivity contribution in [3.05, 3.63) is 96.9 Å². The van der Waals surface area contributed by atoms with Crippen LogP contribution in [0.1, 0.15) is 17.7 Å². The van der Waals surface area contributed by atoms with Gasteiger partial charge in [0, 0.05) is 16.7 Å². The van der Waals surface area contributed by atoms with Crippen molar-refractivity contribution in [3.63, 3.8) is 0 Å². The number of hydrogen-bond acceptors (Lipinski definition) is 8. The predicted molar refractivity (Wildman–Crippen MR) is 134 cm³/mol. The van der Waals surface area contributed by atoms with Crippen LogP contribution in [0.25, 0.3) is 5.69 Å². The van der Waals surface area contributed by atoms with Gasteiger partial charge in [0.15, 0.2) is 17.2 Å². The summed E-state index contributed by atoms with van der Waals surface area (Å²) in [5.41, 5.74) is -3.06. The van der Waals surface area contributed by atoms with Crippen LogP contribution in [0.15, 0.2) is 69.2 Å². The van der Waals surface area contributed by atoms with Crippen LogP contribution in [0, 0.1) is 0 Å². The Hall–Kier alpha value is -3.52. The second-order valence-corrected chi connectivity index (χ2v) is 10.7. The lowest BCUT2D eigenvalue weighted by atomic mass is 10.2. The molecule has 0 atom stereocenters. The van der Waals surface area contributed by atoms with E-state index in [0.29, 0.717) is 4.68 Å². The second-order valence-electron chi connectivity index (χ2n) is 7.38. The Balaban J connectivity index is 1.66. The summed E-state index contributed by atoms with van der Waals surface area (Å²) in [6, 6.07) is 12.1. The minimum atomic E-state index is -4.31. The molecule has 0 bridgehead atoms. The highest BCUT2D eigenvalue weighted by Gasteiger charge is 2.22. The van der Waals surface area contributed by atoms with E-state index in [0.717, 1.165) is 30.0 Å². The van der Waals surface area contributed by atoms with Crippen LogP contribution in [-0.2, 0) is 15.7 Å². The van der Waals surface area contributed by atoms with E-state index in [9.17, 15) is 26.8 Å². The highest BCUT2D eigenvalue weighted by Crippen LogP contribution is 2.39. The molecule has 0 aliphatic rings. The quantitative estimate of drug-likeness (QED) is 0.282. The summed E-state index contributed by atoms with van der Waals surface area (Å²) in [5, 5.41) is 2.91. The molecule has 4 rings (SSSR count). The zero-order chi connectivity index (χ0) is 27.6. The summed E-state index contributed by atoms with van der Waals surface area (Å²) in [6.45, 7) is 0.0344. The standard InChI is InChI=1S/C22H13Cl3F2N4O6S/c23-13-6-12(31-22(33)29-21(32)18(30-31)20(26)27)7-14(24)19(13)37-17-8-16(38(25,34)35)15(9-28-17)36-10-11-4-2-1-3-5-11/h1-9,20H,10H2,(H,29,32,33). The molecule has 0 fully saturated rings. The van der Waals surface area contributed by atoms with Gasteiger partial charge in [-0.25, -0.2) is 27.0 Å². The fraction of sp³-hybridized carbons (Fsp3) is 0.0909. The van der Waals surface area contributed by atoms with E-state index in [1.54, 1.807) is 29.2 Å². The van der Waals surface area contributed by atoms with Gasteiger partial charge in [-0.15, -0.1) is 0 Å². The van der Waals surface area contributed by atoms with E-state index >= 15 is 0 Å². The number of aromatic amines is 1. The lowest BCUT2D eigenvalue weighted by Gasteiger charge is -2.14. The average molecular weight is 606 g/mol. The number of hydrogen-bond donors (Lipinski definition) is 1. The molecule has 0 aliphatic heterocycles. The molecule has 2 aromatic carbocycles. The summed E-state index contributed by atoms with van der Waals surface area (Å²) in [4.78, 5) is 28.9. The summed E-state index contributed by atoms with van der Waals surface area (Å²) >= 11 is 12.5. The topological polar surface area (TPSA) is 133 Å². The number of aromatic nitrogens is 4. The zero-order valence-corrected chi connectivity index (χ0v) is 21.7. The van der Waals surface area contributed by atoms with Gasteiger partial charge in [0.25, 0.3) is 21.0 Å². The van der Waals surface area contributed by atoms with Crippen LogP contribution < -0.4 is 20.7 Å². The molecule has 16 heteroatoms. The molecule has 0 unspecified atom stereocenters. The van der Waals surface area contributed by atoms with E-state index in [2.05, 4.69) is 10.1 Å². The van der Waals surface area contributed by atoms with Gasteiger partial charge in [0.2, 0.25) is 5.88 Å². The van der Waals surface area contributed by atoms with Gasteiger partial charge in [-0.3, -0.25) is 9.78 Å². The maximum atomic E-state index is 13.1. The molecule has 2 heterocycles. The SMILES string of the molecule is O=c1[nH]c(=O)n(-c2cc(Cl)c(Oc3cc(S(=O)(=O)Cl)c(OCc4ccccc4)cn3)c(Cl)c2)nc1C(F)F. The Morgan fingerprint density at radius 3 is 2.32 bits per heavy atom. The molecule has 4 aromatic rings. The first kappa shape index (κ1) is 27.5. The van der Waals surface area contributed by atoms with Gasteiger partial charge in [-0.2, -0.15) is 9.78 Å². The average Bonchev–Trinajstić information content (AvgIpc) is 2.85. The Labute approximate surface area is 226 Å². The molecule has 10 nitrogen and oxygen atoms in total. The molecule has 0 saturated carbocycles. The summed E-state index contributed by atoms with van der Waals surface area (Å²) in [6.07, 6.45) is -2.17. The van der Waals surface area contributed by atoms with Crippen molar-refractivity contribution in [2.45, 2.75) is 17.9 Å². The van der Waals surface area contributed by atoms with E-state index in [-0.39, 0.29) is 39.7 Å². The van der Waals surface area contributed by atoms with Gasteiger partial charge in [0.1, 0.15) is 11.5 Å². The van der Waals surface area contributed by atoms with Gasteiger partial charge >= 0.3 is 5.69 Å². The molecule has 0 spiro atoms. The zero-order valence-electron chi connectivity index (χ0n) is 18.6. The van der Waals surface area contributed by atoms with Crippen molar-refractivity contribution < 1.29 is 26.7 Å². The van der Waals surface area contributed by atoms with Crippen molar-refractivity contribution >= 4 is 42.9 Å². The molecule has 0 aliphatic carbocycles. The molecule has 0 amide bonds. The first-order valence-electron chi connectivity index (χ1n) is 10.2. The van der Waals surface area contributed by atoms with E-state index in [4.69, 9.17) is 43.4 Å². The van der Waals surface area contributed by atoms with Gasteiger partial charge < -0.3 is 9.47 Å². The first-order valence-corrected chi connectivity index (χ1v) is 13.3. The van der Waals surface area contributed by atoms with Crippen LogP contribution in [-0.4, -0.2) is 28.2 Å². The normalized spacial score (nSPS) is 11.5. The third-order valence-electron chi connectivity index (χ3n) is 4.80. The highest BCUT2D eigenvalue weighted by molar-refractivity contribution is 8.13. The number of rotatable bonds is 8. The van der Waals surface area contributed by atoms with E-state index in [1.165, 1.54) is 0 Å². The van der Waals surface area contributed by atoms with Crippen LogP contribution in [0.4, 0.5) is 8.78 Å². The third-order valence-corrected chi connectivity index (χ3v) is 6.71. The minimum Gasteiger partial charge on any atom is -0.486 e. The van der Waals surface area contributed by atoms with Gasteiger partial charge in [-0.1, -0.05) is 53.5 Å². The Morgan fingerprint density at radius 2 is 1.71 bits per heavy atom. The van der Waals surface area contributed by atoms with Crippen LogP contribution in [0.5, 0.6) is 17.4 Å². The molecular formula is C22H13Cl3F2N4O6S. The lowest BCUT2D eigenvalue weighted by molar-refractivity contribution is 0.141. The van der Waals surface area contributed by atoms with E-state index in [1.807, 2.05) is 6.07 Å². The molecular weight excluding hydrogens is 593 g/mol. The van der Waals surface area contributed by atoms with Crippen LogP contribution >= 0.6 is 33.9 Å². The van der Waals surface area contributed by atoms with Crippen molar-refractivity contribution in [2.75, 3.05) is 0 Å². The molecule has 2 aromatic heterocycles. The van der Waals surface area contributed by atoms with Crippen molar-refractivity contribution in [2.24, 2.45) is 0 Å². The number of H-pyrrole nitrogens is 1. The van der Waals surface area contributed by atoms with Crippen molar-refractivity contribution in [3.8, 4) is 23.1 Å². The summed E-state index contributed by atoms with van der Waals surface area (Å²) in [7, 11) is 1.26. The van der Waals surface area contributed by atoms with Crippen LogP contribution in [0.2, 0.25) is 10.0 Å². The number of nitrogens with zero attached hydrogens (tertiary/aromatic N) is 3.